The van der Waals surface area contributed by atoms with Gasteiger partial charge in [-0.1, -0.05) is 38.1 Å². The lowest BCUT2D eigenvalue weighted by molar-refractivity contribution is 0.914. The first kappa shape index (κ1) is 9.85. The van der Waals surface area contributed by atoms with Crippen LogP contribution in [-0.2, 0) is 6.42 Å². The Morgan fingerprint density at radius 1 is 1.08 bits per heavy atom. The number of allylic oxidation sites excluding steroid dienone is 1. The molecule has 0 fully saturated rings. The van der Waals surface area contributed by atoms with Gasteiger partial charge in [0.15, 0.2) is 0 Å². The van der Waals surface area contributed by atoms with Gasteiger partial charge in [0.25, 0.3) is 0 Å². The monoisotopic (exact) mass is 175 g/mol. The molecule has 0 heterocycles. The van der Waals surface area contributed by atoms with Gasteiger partial charge in [-0.2, -0.15) is 0 Å². The summed E-state index contributed by atoms with van der Waals surface area (Å²) in [7, 11) is 0. The summed E-state index contributed by atoms with van der Waals surface area (Å²) >= 11 is 0. The van der Waals surface area contributed by atoms with Crippen molar-refractivity contribution in [3.8, 4) is 0 Å². The molecule has 0 aromatic heterocycles. The molecule has 0 radical (unpaired) electrons. The molecule has 13 heavy (non-hydrogen) atoms. The fourth-order valence-electron chi connectivity index (χ4n) is 1.45. The summed E-state index contributed by atoms with van der Waals surface area (Å²) in [6.07, 6.45) is 4.17. The van der Waals surface area contributed by atoms with Crippen LogP contribution in [-0.4, -0.2) is 0 Å². The van der Waals surface area contributed by atoms with Crippen molar-refractivity contribution >= 4 is 6.08 Å². The smallest absolute Gasteiger partial charge is 0.00899 e. The molecule has 0 saturated heterocycles. The van der Waals surface area contributed by atoms with Crippen LogP contribution >= 0.6 is 0 Å². The molecular formula is C12H17N. The van der Waals surface area contributed by atoms with Crippen molar-refractivity contribution < 1.29 is 0 Å². The molecule has 1 aliphatic rings. The summed E-state index contributed by atoms with van der Waals surface area (Å²) < 4.78 is 0. The Balaban J connectivity index is 0.000000396. The van der Waals surface area contributed by atoms with Crippen LogP contribution in [0.25, 0.3) is 6.08 Å². The Morgan fingerprint density at radius 2 is 1.77 bits per heavy atom. The minimum Gasteiger partial charge on any atom is -0.402 e. The third-order valence-corrected chi connectivity index (χ3v) is 2.08. The largest absolute Gasteiger partial charge is 0.402 e. The van der Waals surface area contributed by atoms with Crippen LogP contribution in [0.4, 0.5) is 0 Å². The fraction of sp³-hybridized carbons (Fsp3) is 0.333. The minimum absolute atomic E-state index is 1.00. The van der Waals surface area contributed by atoms with Crippen molar-refractivity contribution in [1.29, 1.82) is 0 Å². The standard InChI is InChI=1S/C10H11N.C2H6/c11-10-6-5-8-3-1-2-4-9(8)7-10;1-2/h1-4,7H,5-6,11H2;1-2H3. The summed E-state index contributed by atoms with van der Waals surface area (Å²) in [6, 6.07) is 8.40. The molecule has 2 rings (SSSR count). The van der Waals surface area contributed by atoms with E-state index in [1.807, 2.05) is 19.9 Å². The van der Waals surface area contributed by atoms with E-state index in [1.54, 1.807) is 0 Å². The van der Waals surface area contributed by atoms with Crippen LogP contribution in [0.15, 0.2) is 30.0 Å². The molecule has 1 aliphatic carbocycles. The summed E-state index contributed by atoms with van der Waals surface area (Å²) in [5, 5.41) is 0. The second-order valence-corrected chi connectivity index (χ2v) is 2.92. The number of hydrogen-bond acceptors (Lipinski definition) is 1. The predicted octanol–water partition coefficient (Wildman–Crippen LogP) is 2.96. The lowest BCUT2D eigenvalue weighted by Gasteiger charge is -2.12. The quantitative estimate of drug-likeness (QED) is 0.644. The topological polar surface area (TPSA) is 26.0 Å². The van der Waals surface area contributed by atoms with Gasteiger partial charge in [-0.25, -0.2) is 0 Å². The molecule has 0 unspecified atom stereocenters. The van der Waals surface area contributed by atoms with Gasteiger partial charge in [0.1, 0.15) is 0 Å². The molecule has 2 N–H and O–H groups in total. The molecule has 1 heteroatoms. The zero-order valence-corrected chi connectivity index (χ0v) is 8.38. The van der Waals surface area contributed by atoms with Crippen LogP contribution in [0.5, 0.6) is 0 Å². The van der Waals surface area contributed by atoms with E-state index in [2.05, 4.69) is 24.3 Å². The Bertz CT molecular complexity index is 300. The number of rotatable bonds is 0. The van der Waals surface area contributed by atoms with Crippen molar-refractivity contribution in [1.82, 2.24) is 0 Å². The van der Waals surface area contributed by atoms with Gasteiger partial charge in [-0.3, -0.25) is 0 Å². The Hall–Kier alpha value is -1.24. The van der Waals surface area contributed by atoms with E-state index in [0.717, 1.165) is 18.5 Å². The first-order chi connectivity index (χ1) is 6.36. The minimum atomic E-state index is 1.00. The lowest BCUT2D eigenvalue weighted by atomic mass is 9.96. The third-order valence-electron chi connectivity index (χ3n) is 2.08. The van der Waals surface area contributed by atoms with E-state index in [0.29, 0.717) is 0 Å². The van der Waals surface area contributed by atoms with E-state index in [9.17, 15) is 0 Å². The summed E-state index contributed by atoms with van der Waals surface area (Å²) in [5.74, 6) is 0. The number of nitrogens with two attached hydrogens (primary N) is 1. The molecule has 0 atom stereocenters. The molecular weight excluding hydrogens is 158 g/mol. The van der Waals surface area contributed by atoms with Crippen molar-refractivity contribution in [2.45, 2.75) is 26.7 Å². The molecule has 1 nitrogen and oxygen atoms in total. The van der Waals surface area contributed by atoms with E-state index in [4.69, 9.17) is 5.73 Å². The fourth-order valence-corrected chi connectivity index (χ4v) is 1.45. The molecule has 0 saturated carbocycles. The molecule has 0 bridgehead atoms. The maximum Gasteiger partial charge on any atom is 0.00899 e. The highest BCUT2D eigenvalue weighted by atomic mass is 14.6. The van der Waals surface area contributed by atoms with Crippen molar-refractivity contribution in [2.75, 3.05) is 0 Å². The van der Waals surface area contributed by atoms with Crippen molar-refractivity contribution in [3.05, 3.63) is 41.1 Å². The maximum absolute atomic E-state index is 5.71. The van der Waals surface area contributed by atoms with Crippen LogP contribution in [0.1, 0.15) is 31.4 Å². The normalized spacial score (nSPS) is 13.5. The molecule has 70 valence electrons. The van der Waals surface area contributed by atoms with Gasteiger partial charge < -0.3 is 5.73 Å². The second-order valence-electron chi connectivity index (χ2n) is 2.92. The number of aryl methyl sites for hydroxylation is 1. The van der Waals surface area contributed by atoms with E-state index >= 15 is 0 Å². The molecule has 1 aromatic carbocycles. The summed E-state index contributed by atoms with van der Waals surface area (Å²) in [4.78, 5) is 0. The molecule has 1 aromatic rings. The third kappa shape index (κ3) is 2.35. The highest BCUT2D eigenvalue weighted by Crippen LogP contribution is 2.20. The SMILES string of the molecule is CC.NC1=Cc2ccccc2CC1. The van der Waals surface area contributed by atoms with Gasteiger partial charge in [-0.15, -0.1) is 0 Å². The highest BCUT2D eigenvalue weighted by Gasteiger charge is 2.05. The highest BCUT2D eigenvalue weighted by molar-refractivity contribution is 5.58. The Kier molecular flexibility index (Phi) is 3.56. The van der Waals surface area contributed by atoms with Crippen molar-refractivity contribution in [2.24, 2.45) is 5.73 Å². The average Bonchev–Trinajstić information content (AvgIpc) is 2.21. The van der Waals surface area contributed by atoms with Crippen LogP contribution in [0.2, 0.25) is 0 Å². The first-order valence-corrected chi connectivity index (χ1v) is 4.90. The summed E-state index contributed by atoms with van der Waals surface area (Å²) in [6.45, 7) is 4.00. The van der Waals surface area contributed by atoms with E-state index in [-0.39, 0.29) is 0 Å². The zero-order valence-electron chi connectivity index (χ0n) is 8.38. The predicted molar refractivity (Wildman–Crippen MR) is 58.3 cm³/mol. The van der Waals surface area contributed by atoms with Gasteiger partial charge >= 0.3 is 0 Å². The van der Waals surface area contributed by atoms with Gasteiger partial charge in [0.05, 0.1) is 0 Å². The van der Waals surface area contributed by atoms with E-state index < -0.39 is 0 Å². The van der Waals surface area contributed by atoms with Crippen molar-refractivity contribution in [3.63, 3.8) is 0 Å². The number of fused-ring (bicyclic) bond motifs is 1. The Morgan fingerprint density at radius 3 is 2.54 bits per heavy atom. The number of benzene rings is 1. The van der Waals surface area contributed by atoms with Gasteiger partial charge in [0.2, 0.25) is 0 Å². The summed E-state index contributed by atoms with van der Waals surface area (Å²) in [5.41, 5.74) is 9.42. The van der Waals surface area contributed by atoms with Crippen LogP contribution in [0.3, 0.4) is 0 Å². The number of hydrogen-bond donors (Lipinski definition) is 1. The van der Waals surface area contributed by atoms with E-state index in [1.165, 1.54) is 11.1 Å². The maximum atomic E-state index is 5.71. The lowest BCUT2D eigenvalue weighted by Crippen LogP contribution is -2.05. The zero-order chi connectivity index (χ0) is 9.68. The average molecular weight is 175 g/mol. The van der Waals surface area contributed by atoms with Crippen LogP contribution in [0, 0.1) is 0 Å². The first-order valence-electron chi connectivity index (χ1n) is 4.90. The molecule has 0 amide bonds. The van der Waals surface area contributed by atoms with Gasteiger partial charge in [-0.05, 0) is 30.0 Å². The molecule has 0 spiro atoms. The van der Waals surface area contributed by atoms with Gasteiger partial charge in [0, 0.05) is 5.70 Å². The molecule has 0 aliphatic heterocycles. The second kappa shape index (κ2) is 4.70. The van der Waals surface area contributed by atoms with Crippen LogP contribution < -0.4 is 5.73 Å². The Labute approximate surface area is 80.3 Å².